The molecule has 0 aliphatic carbocycles. The topological polar surface area (TPSA) is 162 Å². The minimum Gasteiger partial charge on any atom is -0.818 e. The Hall–Kier alpha value is -1.00. The second-order valence-corrected chi connectivity index (χ2v) is 3.20. The molecule has 0 amide bonds. The van der Waals surface area contributed by atoms with Gasteiger partial charge in [-0.15, -0.1) is 0 Å². The first kappa shape index (κ1) is 25.0. The molecule has 0 saturated carbocycles. The first-order valence-corrected chi connectivity index (χ1v) is 4.90. The van der Waals surface area contributed by atoms with E-state index >= 15 is 0 Å². The van der Waals surface area contributed by atoms with Gasteiger partial charge in [0.25, 0.3) is 0 Å². The number of esters is 2. The number of carbonyl (C=O) groups is 2. The third-order valence-corrected chi connectivity index (χ3v) is 1.99. The van der Waals surface area contributed by atoms with Gasteiger partial charge in [0.2, 0.25) is 0 Å². The maximum Gasteiger partial charge on any atom is 2.00 e. The van der Waals surface area contributed by atoms with Crippen LogP contribution >= 0.6 is 0 Å². The second-order valence-electron chi connectivity index (χ2n) is 3.20. The van der Waals surface area contributed by atoms with Crippen molar-refractivity contribution in [2.45, 2.75) is 12.6 Å². The summed E-state index contributed by atoms with van der Waals surface area (Å²) in [6.07, 6.45) is 2.33. The minimum atomic E-state index is -1.33. The van der Waals surface area contributed by atoms with Crippen LogP contribution in [0, 0.1) is 0 Å². The number of cyclic esters (lactones) is 2. The molecule has 2 atom stereocenters. The summed E-state index contributed by atoms with van der Waals surface area (Å²) in [5, 5.41) is 20.7. The Kier molecular flexibility index (Phi) is 13.8. The molecule has 0 bridgehead atoms. The van der Waals surface area contributed by atoms with E-state index < -0.39 is 24.5 Å². The predicted molar refractivity (Wildman–Crippen MR) is 69.3 cm³/mol. The van der Waals surface area contributed by atoms with E-state index in [9.17, 15) is 19.8 Å². The number of hydrogen-bond acceptors (Lipinski definition) is 6. The van der Waals surface area contributed by atoms with E-state index in [1.54, 1.807) is 0 Å². The molecule has 2 aliphatic rings. The van der Waals surface area contributed by atoms with Gasteiger partial charge in [-0.3, -0.25) is 0 Å². The Balaban J connectivity index is -0.000000270. The Labute approximate surface area is 150 Å². The molecule has 9 heteroatoms. The Bertz CT molecular complexity index is 412. The van der Waals surface area contributed by atoms with Crippen LogP contribution in [-0.2, 0) is 19.1 Å². The van der Waals surface area contributed by atoms with Crippen LogP contribution in [0.15, 0.2) is 48.6 Å². The first-order chi connectivity index (χ1) is 8.47. The van der Waals surface area contributed by atoms with Crippen molar-refractivity contribution in [2.24, 2.45) is 0 Å². The van der Waals surface area contributed by atoms with Crippen LogP contribution in [0.5, 0.6) is 0 Å². The van der Waals surface area contributed by atoms with Gasteiger partial charge in [0, 0.05) is 0 Å². The van der Waals surface area contributed by atoms with Gasteiger partial charge in [-0.05, 0) is 12.2 Å². The number of carbonyl (C=O) groups excluding carboxylic acids is 2. The van der Waals surface area contributed by atoms with Gasteiger partial charge in [-0.2, -0.15) is 0 Å². The molecule has 112 valence electrons. The van der Waals surface area contributed by atoms with Crippen LogP contribution in [-0.4, -0.2) is 73.2 Å². The zero-order valence-electron chi connectivity index (χ0n) is 11.0. The molecule has 0 aromatic carbocycles. The first-order valence-electron chi connectivity index (χ1n) is 4.90. The molecule has 0 aromatic rings. The molecular weight excluding hydrogens is 312 g/mol. The number of ether oxygens (including phenoxy) is 2. The van der Waals surface area contributed by atoms with Gasteiger partial charge in [0.1, 0.15) is 0 Å². The SMILES string of the molecule is C=CC1=CC([O-])OC1=O.C=CC1=CC([O-])OC1=O.O.O.[Ca+2]. The normalized spacial score (nSPS) is 21.6. The zero-order chi connectivity index (χ0) is 13.7. The maximum absolute atomic E-state index is 10.5. The quantitative estimate of drug-likeness (QED) is 0.380. The van der Waals surface area contributed by atoms with Crippen molar-refractivity contribution in [1.82, 2.24) is 0 Å². The summed E-state index contributed by atoms with van der Waals surface area (Å²) in [4.78, 5) is 20.9. The molecule has 21 heavy (non-hydrogen) atoms. The molecule has 0 aromatic heterocycles. The van der Waals surface area contributed by atoms with Gasteiger partial charge in [-0.25, -0.2) is 9.59 Å². The molecule has 0 spiro atoms. The van der Waals surface area contributed by atoms with Gasteiger partial charge in [0.15, 0.2) is 0 Å². The van der Waals surface area contributed by atoms with Crippen molar-refractivity contribution in [2.75, 3.05) is 0 Å². The predicted octanol–water partition coefficient (Wildman–Crippen LogP) is -3.35. The van der Waals surface area contributed by atoms with Gasteiger partial charge >= 0.3 is 49.7 Å². The summed E-state index contributed by atoms with van der Waals surface area (Å²) in [7, 11) is 0. The monoisotopic (exact) mass is 326 g/mol. The second kappa shape index (κ2) is 11.6. The van der Waals surface area contributed by atoms with Crippen molar-refractivity contribution in [3.05, 3.63) is 48.6 Å². The molecular formula is C12H14CaO8. The molecule has 2 rings (SSSR count). The van der Waals surface area contributed by atoms with Crippen LogP contribution < -0.4 is 10.2 Å². The van der Waals surface area contributed by atoms with Crippen molar-refractivity contribution in [3.8, 4) is 0 Å². The standard InChI is InChI=1S/2C6H5O3.Ca.2H2O/c2*1-2-4-3-5(7)9-6(4)8;;;/h2*2-3,5H,1H2;;2*1H2/q2*-1;+2;;. The number of rotatable bonds is 2. The molecule has 0 saturated heterocycles. The third-order valence-electron chi connectivity index (χ3n) is 1.99. The van der Waals surface area contributed by atoms with Crippen LogP contribution in [0.4, 0.5) is 0 Å². The summed E-state index contributed by atoms with van der Waals surface area (Å²) in [5.41, 5.74) is 0.519. The van der Waals surface area contributed by atoms with Crippen LogP contribution in [0.25, 0.3) is 0 Å². The Morgan fingerprint density at radius 1 is 0.905 bits per heavy atom. The van der Waals surface area contributed by atoms with Gasteiger partial charge in [-0.1, -0.05) is 25.3 Å². The van der Waals surface area contributed by atoms with E-state index in [1.807, 2.05) is 0 Å². The zero-order valence-corrected chi connectivity index (χ0v) is 13.2. The molecule has 0 fully saturated rings. The van der Waals surface area contributed by atoms with Crippen LogP contribution in [0.1, 0.15) is 0 Å². The summed E-state index contributed by atoms with van der Waals surface area (Å²) in [6, 6.07) is 0. The van der Waals surface area contributed by atoms with Crippen LogP contribution in [0.2, 0.25) is 0 Å². The van der Waals surface area contributed by atoms with Crippen LogP contribution in [0.3, 0.4) is 0 Å². The summed E-state index contributed by atoms with van der Waals surface area (Å²) in [5.74, 6) is -1.16. The maximum atomic E-state index is 10.5. The molecule has 2 heterocycles. The smallest absolute Gasteiger partial charge is 0.818 e. The van der Waals surface area contributed by atoms with Crippen molar-refractivity contribution in [1.29, 1.82) is 0 Å². The molecule has 4 N–H and O–H groups in total. The summed E-state index contributed by atoms with van der Waals surface area (Å²) < 4.78 is 8.41. The molecule has 2 unspecified atom stereocenters. The van der Waals surface area contributed by atoms with Crippen molar-refractivity contribution < 1.29 is 40.2 Å². The van der Waals surface area contributed by atoms with Gasteiger partial charge < -0.3 is 30.6 Å². The fourth-order valence-electron chi connectivity index (χ4n) is 1.15. The van der Waals surface area contributed by atoms with Crippen molar-refractivity contribution in [3.63, 3.8) is 0 Å². The van der Waals surface area contributed by atoms with E-state index in [-0.39, 0.29) is 59.8 Å². The Morgan fingerprint density at radius 2 is 1.19 bits per heavy atom. The third kappa shape index (κ3) is 7.53. The minimum absolute atomic E-state index is 0. The van der Waals surface area contributed by atoms with Crippen molar-refractivity contribution >= 4 is 49.7 Å². The fourth-order valence-corrected chi connectivity index (χ4v) is 1.15. The summed E-state index contributed by atoms with van der Waals surface area (Å²) >= 11 is 0. The van der Waals surface area contributed by atoms with E-state index in [4.69, 9.17) is 0 Å². The average Bonchev–Trinajstić information content (AvgIpc) is 2.81. The van der Waals surface area contributed by atoms with E-state index in [2.05, 4.69) is 22.6 Å². The number of hydrogen-bond donors (Lipinski definition) is 0. The molecule has 8 nitrogen and oxygen atoms in total. The van der Waals surface area contributed by atoms with E-state index in [0.29, 0.717) is 0 Å². The van der Waals surface area contributed by atoms with Gasteiger partial charge in [0.05, 0.1) is 23.7 Å². The fraction of sp³-hybridized carbons (Fsp3) is 0.167. The van der Waals surface area contributed by atoms with E-state index in [0.717, 1.165) is 0 Å². The molecule has 2 aliphatic heterocycles. The summed E-state index contributed by atoms with van der Waals surface area (Å²) in [6.45, 7) is 6.64. The average molecular weight is 326 g/mol. The molecule has 0 radical (unpaired) electrons. The Morgan fingerprint density at radius 3 is 1.29 bits per heavy atom. The van der Waals surface area contributed by atoms with E-state index in [1.165, 1.54) is 24.3 Å². The largest absolute Gasteiger partial charge is 2.00 e.